The third-order valence-electron chi connectivity index (χ3n) is 1.72. The van der Waals surface area contributed by atoms with Crippen molar-refractivity contribution in [2.45, 2.75) is 18.6 Å². The zero-order chi connectivity index (χ0) is 9.90. The second kappa shape index (κ2) is 5.22. The zero-order valence-electron chi connectivity index (χ0n) is 7.29. The van der Waals surface area contributed by atoms with Crippen LogP contribution >= 0.6 is 12.4 Å². The van der Waals surface area contributed by atoms with E-state index >= 15 is 0 Å². The molecule has 0 aliphatic rings. The summed E-state index contributed by atoms with van der Waals surface area (Å²) in [5.41, 5.74) is 5.56. The van der Waals surface area contributed by atoms with Crippen molar-refractivity contribution in [3.63, 3.8) is 0 Å². The molecule has 1 aromatic rings. The first-order valence-corrected chi connectivity index (χ1v) is 3.86. The van der Waals surface area contributed by atoms with Crippen LogP contribution in [0, 0.1) is 0 Å². The average molecular weight is 226 g/mol. The number of hydrogen-bond acceptors (Lipinski definition) is 1. The van der Waals surface area contributed by atoms with Gasteiger partial charge in [0.15, 0.2) is 0 Å². The van der Waals surface area contributed by atoms with E-state index in [0.29, 0.717) is 5.56 Å². The van der Waals surface area contributed by atoms with Crippen molar-refractivity contribution >= 4 is 12.4 Å². The fourth-order valence-electron chi connectivity index (χ4n) is 0.984. The molecule has 5 heteroatoms. The van der Waals surface area contributed by atoms with E-state index in [4.69, 9.17) is 5.73 Å². The van der Waals surface area contributed by atoms with Crippen LogP contribution in [0.2, 0.25) is 0 Å². The summed E-state index contributed by atoms with van der Waals surface area (Å²) in [6, 6.07) is 6.63. The lowest BCUT2D eigenvalue weighted by atomic mass is 10.1. The molecule has 14 heavy (non-hydrogen) atoms. The molecular formula is C9H11ClF3N. The second-order valence-electron chi connectivity index (χ2n) is 2.84. The molecule has 0 spiro atoms. The van der Waals surface area contributed by atoms with E-state index in [-0.39, 0.29) is 18.8 Å². The quantitative estimate of drug-likeness (QED) is 0.823. The summed E-state index contributed by atoms with van der Waals surface area (Å²) >= 11 is 0. The van der Waals surface area contributed by atoms with Crippen LogP contribution in [-0.4, -0.2) is 12.2 Å². The fraction of sp³-hybridized carbons (Fsp3) is 0.333. The maximum atomic E-state index is 12.0. The highest BCUT2D eigenvalue weighted by molar-refractivity contribution is 5.85. The average Bonchev–Trinajstić information content (AvgIpc) is 2.04. The predicted molar refractivity (Wildman–Crippen MR) is 51.4 cm³/mol. The molecule has 1 rings (SSSR count). The first-order valence-electron chi connectivity index (χ1n) is 3.86. The van der Waals surface area contributed by atoms with Gasteiger partial charge in [-0.05, 0) is 12.0 Å². The van der Waals surface area contributed by atoms with Crippen molar-refractivity contribution in [3.05, 3.63) is 35.9 Å². The Hall–Kier alpha value is -0.740. The van der Waals surface area contributed by atoms with Gasteiger partial charge in [-0.15, -0.1) is 12.4 Å². The van der Waals surface area contributed by atoms with Crippen LogP contribution in [0.1, 0.15) is 5.56 Å². The van der Waals surface area contributed by atoms with Gasteiger partial charge in [-0.2, -0.15) is 13.2 Å². The number of alkyl halides is 3. The number of nitrogens with two attached hydrogens (primary N) is 1. The summed E-state index contributed by atoms with van der Waals surface area (Å²) in [7, 11) is 0. The van der Waals surface area contributed by atoms with Gasteiger partial charge in [-0.25, -0.2) is 0 Å². The van der Waals surface area contributed by atoms with Crippen molar-refractivity contribution in [2.75, 3.05) is 0 Å². The third-order valence-corrected chi connectivity index (χ3v) is 1.72. The molecule has 0 radical (unpaired) electrons. The van der Waals surface area contributed by atoms with Crippen LogP contribution in [0.15, 0.2) is 30.3 Å². The summed E-state index contributed by atoms with van der Waals surface area (Å²) in [6.07, 6.45) is -4.47. The van der Waals surface area contributed by atoms with E-state index in [9.17, 15) is 13.2 Å². The molecule has 0 fully saturated rings. The Kier molecular flexibility index (Phi) is 4.94. The Morgan fingerprint density at radius 2 is 1.64 bits per heavy atom. The number of benzene rings is 1. The Morgan fingerprint density at radius 3 is 2.07 bits per heavy atom. The molecule has 1 aromatic carbocycles. The maximum Gasteiger partial charge on any atom is 0.403 e. The minimum absolute atomic E-state index is 0. The standard InChI is InChI=1S/C9H10F3N.ClH/c10-9(11,12)8(13)6-7-4-2-1-3-5-7;/h1-5,8H,6,13H2;1H/t8-;/m1./s1. The van der Waals surface area contributed by atoms with Crippen molar-refractivity contribution < 1.29 is 13.2 Å². The van der Waals surface area contributed by atoms with Gasteiger partial charge in [0.2, 0.25) is 0 Å². The molecule has 1 nitrogen and oxygen atoms in total. The van der Waals surface area contributed by atoms with Crippen molar-refractivity contribution in [1.29, 1.82) is 0 Å². The first-order chi connectivity index (χ1) is 6.00. The molecular weight excluding hydrogens is 215 g/mol. The van der Waals surface area contributed by atoms with Gasteiger partial charge in [-0.1, -0.05) is 30.3 Å². The van der Waals surface area contributed by atoms with Crippen molar-refractivity contribution in [3.8, 4) is 0 Å². The number of halogens is 4. The Labute approximate surface area is 86.5 Å². The van der Waals surface area contributed by atoms with Gasteiger partial charge in [0.25, 0.3) is 0 Å². The van der Waals surface area contributed by atoms with Crippen LogP contribution in [0.3, 0.4) is 0 Å². The second-order valence-corrected chi connectivity index (χ2v) is 2.84. The molecule has 0 aromatic heterocycles. The van der Waals surface area contributed by atoms with Crippen molar-refractivity contribution in [1.82, 2.24) is 0 Å². The predicted octanol–water partition coefficient (Wildman–Crippen LogP) is 2.54. The SMILES string of the molecule is Cl.N[C@H](Cc1ccccc1)C(F)(F)F. The molecule has 2 N–H and O–H groups in total. The molecule has 0 saturated heterocycles. The van der Waals surface area contributed by atoms with E-state index in [1.807, 2.05) is 0 Å². The summed E-state index contributed by atoms with van der Waals surface area (Å²) in [4.78, 5) is 0. The lowest BCUT2D eigenvalue weighted by Gasteiger charge is -2.14. The number of hydrogen-bond donors (Lipinski definition) is 1. The van der Waals surface area contributed by atoms with E-state index in [2.05, 4.69) is 0 Å². The van der Waals surface area contributed by atoms with E-state index in [1.165, 1.54) is 0 Å². The van der Waals surface area contributed by atoms with Gasteiger partial charge in [0.05, 0.1) is 0 Å². The summed E-state index contributed by atoms with van der Waals surface area (Å²) in [5.74, 6) is 0. The third kappa shape index (κ3) is 3.98. The van der Waals surface area contributed by atoms with E-state index in [0.717, 1.165) is 0 Å². The number of rotatable bonds is 2. The normalized spacial score (nSPS) is 13.1. The highest BCUT2D eigenvalue weighted by atomic mass is 35.5. The molecule has 80 valence electrons. The summed E-state index contributed by atoms with van der Waals surface area (Å²) < 4.78 is 36.0. The fourth-order valence-corrected chi connectivity index (χ4v) is 0.984. The van der Waals surface area contributed by atoms with Gasteiger partial charge < -0.3 is 5.73 Å². The Bertz CT molecular complexity index is 261. The first kappa shape index (κ1) is 13.3. The van der Waals surface area contributed by atoms with E-state index < -0.39 is 12.2 Å². The van der Waals surface area contributed by atoms with Crippen LogP contribution in [0.4, 0.5) is 13.2 Å². The smallest absolute Gasteiger partial charge is 0.320 e. The molecule has 0 saturated carbocycles. The largest absolute Gasteiger partial charge is 0.403 e. The van der Waals surface area contributed by atoms with E-state index in [1.54, 1.807) is 30.3 Å². The topological polar surface area (TPSA) is 26.0 Å². The van der Waals surface area contributed by atoms with Crippen LogP contribution in [0.5, 0.6) is 0 Å². The molecule has 0 bridgehead atoms. The minimum atomic E-state index is -4.31. The van der Waals surface area contributed by atoms with Gasteiger partial charge in [0, 0.05) is 0 Å². The van der Waals surface area contributed by atoms with Gasteiger partial charge >= 0.3 is 6.18 Å². The summed E-state index contributed by atoms with van der Waals surface area (Å²) in [5, 5.41) is 0. The molecule has 0 unspecified atom stereocenters. The lowest BCUT2D eigenvalue weighted by molar-refractivity contribution is -0.147. The highest BCUT2D eigenvalue weighted by Crippen LogP contribution is 2.21. The van der Waals surface area contributed by atoms with Crippen LogP contribution in [-0.2, 0) is 6.42 Å². The Morgan fingerprint density at radius 1 is 1.14 bits per heavy atom. The van der Waals surface area contributed by atoms with Crippen LogP contribution < -0.4 is 5.73 Å². The minimum Gasteiger partial charge on any atom is -0.320 e. The van der Waals surface area contributed by atoms with Gasteiger partial charge in [0.1, 0.15) is 6.04 Å². The molecule has 0 aliphatic carbocycles. The van der Waals surface area contributed by atoms with Crippen LogP contribution in [0.25, 0.3) is 0 Å². The molecule has 0 amide bonds. The van der Waals surface area contributed by atoms with Crippen molar-refractivity contribution in [2.24, 2.45) is 5.73 Å². The summed E-state index contributed by atoms with van der Waals surface area (Å²) in [6.45, 7) is 0. The highest BCUT2D eigenvalue weighted by Gasteiger charge is 2.36. The molecule has 1 atom stereocenters. The van der Waals surface area contributed by atoms with Gasteiger partial charge in [-0.3, -0.25) is 0 Å². The lowest BCUT2D eigenvalue weighted by Crippen LogP contribution is -2.39. The Balaban J connectivity index is 0.00000169. The molecule has 0 heterocycles. The zero-order valence-corrected chi connectivity index (χ0v) is 8.11. The maximum absolute atomic E-state index is 12.0. The monoisotopic (exact) mass is 225 g/mol. The molecule has 0 aliphatic heterocycles.